The summed E-state index contributed by atoms with van der Waals surface area (Å²) in [4.78, 5) is 25.0. The van der Waals surface area contributed by atoms with Crippen molar-refractivity contribution in [1.82, 2.24) is 5.32 Å². The van der Waals surface area contributed by atoms with Gasteiger partial charge in [-0.15, -0.1) is 0 Å². The Kier molecular flexibility index (Phi) is 7.22. The zero-order valence-corrected chi connectivity index (χ0v) is 17.2. The van der Waals surface area contributed by atoms with E-state index in [-0.39, 0.29) is 17.9 Å². The second-order valence-corrected chi connectivity index (χ2v) is 7.24. The molecule has 0 saturated carbocycles. The number of carbonyl (C=O) groups excluding carboxylic acids is 2. The lowest BCUT2D eigenvalue weighted by molar-refractivity contribution is 0.0941. The van der Waals surface area contributed by atoms with Crippen LogP contribution in [0.15, 0.2) is 78.9 Å². The Bertz CT molecular complexity index is 1000. The second-order valence-electron chi connectivity index (χ2n) is 7.24. The number of amides is 2. The summed E-state index contributed by atoms with van der Waals surface area (Å²) in [5.74, 6) is 0.0668. The quantitative estimate of drug-likeness (QED) is 0.574. The molecule has 0 bridgehead atoms. The summed E-state index contributed by atoms with van der Waals surface area (Å²) >= 11 is 0. The van der Waals surface area contributed by atoms with Crippen LogP contribution in [0.3, 0.4) is 0 Å². The zero-order valence-electron chi connectivity index (χ0n) is 17.2. The Morgan fingerprint density at radius 2 is 1.60 bits per heavy atom. The highest BCUT2D eigenvalue weighted by Crippen LogP contribution is 2.21. The third-order valence-electron chi connectivity index (χ3n) is 4.43. The largest absolute Gasteiger partial charge is 0.492 e. The highest BCUT2D eigenvalue weighted by atomic mass is 16.5. The summed E-state index contributed by atoms with van der Waals surface area (Å²) in [6.45, 7) is 4.27. The molecule has 0 atom stereocenters. The maximum Gasteiger partial charge on any atom is 0.259 e. The first-order chi connectivity index (χ1) is 14.5. The summed E-state index contributed by atoms with van der Waals surface area (Å²) in [7, 11) is 0. The molecular weight excluding hydrogens is 376 g/mol. The van der Waals surface area contributed by atoms with E-state index >= 15 is 0 Å². The highest BCUT2D eigenvalue weighted by molar-refractivity contribution is 6.06. The predicted octanol–water partition coefficient (Wildman–Crippen LogP) is 4.70. The Morgan fingerprint density at radius 1 is 0.867 bits per heavy atom. The zero-order chi connectivity index (χ0) is 21.3. The number of anilines is 1. The van der Waals surface area contributed by atoms with E-state index in [4.69, 9.17) is 4.74 Å². The van der Waals surface area contributed by atoms with Gasteiger partial charge in [0.15, 0.2) is 0 Å². The highest BCUT2D eigenvalue weighted by Gasteiger charge is 2.14. The van der Waals surface area contributed by atoms with E-state index in [0.717, 1.165) is 6.42 Å². The second kappa shape index (κ2) is 10.3. The summed E-state index contributed by atoms with van der Waals surface area (Å²) in [6.07, 6.45) is 0.754. The van der Waals surface area contributed by atoms with Crippen LogP contribution in [-0.2, 0) is 6.42 Å². The van der Waals surface area contributed by atoms with Gasteiger partial charge in [0.05, 0.1) is 12.2 Å². The van der Waals surface area contributed by atoms with E-state index in [9.17, 15) is 9.59 Å². The van der Waals surface area contributed by atoms with Crippen LogP contribution in [0.1, 0.15) is 40.1 Å². The Labute approximate surface area is 177 Å². The fourth-order valence-corrected chi connectivity index (χ4v) is 2.99. The molecule has 0 saturated heterocycles. The molecule has 0 aliphatic rings. The van der Waals surface area contributed by atoms with Crippen molar-refractivity contribution < 1.29 is 14.3 Å². The molecule has 0 aliphatic heterocycles. The number of carbonyl (C=O) groups is 2. The fraction of sp³-hybridized carbons (Fsp3) is 0.200. The van der Waals surface area contributed by atoms with E-state index in [1.165, 1.54) is 5.56 Å². The molecule has 154 valence electrons. The van der Waals surface area contributed by atoms with E-state index in [1.54, 1.807) is 42.5 Å². The minimum absolute atomic E-state index is 0.0376. The van der Waals surface area contributed by atoms with Crippen molar-refractivity contribution in [2.75, 3.05) is 11.9 Å². The van der Waals surface area contributed by atoms with Crippen LogP contribution in [0.4, 0.5) is 5.69 Å². The van der Waals surface area contributed by atoms with Gasteiger partial charge >= 0.3 is 0 Å². The number of hydrogen-bond donors (Lipinski definition) is 2. The molecule has 30 heavy (non-hydrogen) atoms. The van der Waals surface area contributed by atoms with Gasteiger partial charge in [-0.3, -0.25) is 9.59 Å². The van der Waals surface area contributed by atoms with Crippen LogP contribution >= 0.6 is 0 Å². The van der Waals surface area contributed by atoms with Crippen molar-refractivity contribution in [3.8, 4) is 5.75 Å². The molecule has 5 nitrogen and oxygen atoms in total. The van der Waals surface area contributed by atoms with Gasteiger partial charge in [0.25, 0.3) is 11.8 Å². The molecule has 2 amide bonds. The number of benzene rings is 3. The summed E-state index contributed by atoms with van der Waals surface area (Å²) in [5, 5.41) is 5.70. The minimum atomic E-state index is -0.285. The minimum Gasteiger partial charge on any atom is -0.492 e. The molecule has 0 fully saturated rings. The lowest BCUT2D eigenvalue weighted by atomic mass is 10.1. The van der Waals surface area contributed by atoms with Crippen LogP contribution < -0.4 is 15.4 Å². The van der Waals surface area contributed by atoms with Gasteiger partial charge in [0.2, 0.25) is 0 Å². The van der Waals surface area contributed by atoms with Crippen molar-refractivity contribution in [2.45, 2.75) is 26.3 Å². The van der Waals surface area contributed by atoms with Crippen LogP contribution in [-0.4, -0.2) is 24.5 Å². The van der Waals surface area contributed by atoms with E-state index in [2.05, 4.69) is 10.6 Å². The van der Waals surface area contributed by atoms with E-state index in [0.29, 0.717) is 29.2 Å². The van der Waals surface area contributed by atoms with Gasteiger partial charge in [0, 0.05) is 23.7 Å². The Balaban J connectivity index is 1.66. The van der Waals surface area contributed by atoms with Crippen molar-refractivity contribution in [1.29, 1.82) is 0 Å². The first-order valence-corrected chi connectivity index (χ1v) is 10.0. The van der Waals surface area contributed by atoms with Gasteiger partial charge in [0.1, 0.15) is 5.75 Å². The molecule has 5 heteroatoms. The maximum absolute atomic E-state index is 12.8. The van der Waals surface area contributed by atoms with E-state index in [1.807, 2.05) is 50.2 Å². The normalized spacial score (nSPS) is 10.5. The number of para-hydroxylation sites is 1. The lowest BCUT2D eigenvalue weighted by Gasteiger charge is -2.13. The number of ether oxygens (including phenoxy) is 1. The standard InChI is InChI=1S/C25H26N2O3/c1-18(2)26-24(28)20-11-8-12-21(17-20)27-25(29)22-13-6-7-14-23(22)30-16-15-19-9-4-3-5-10-19/h3-14,17-18H,15-16H2,1-2H3,(H,26,28)(H,27,29). The molecule has 0 aromatic heterocycles. The molecule has 0 spiro atoms. The Hall–Kier alpha value is -3.60. The third kappa shape index (κ3) is 5.95. The average molecular weight is 402 g/mol. The SMILES string of the molecule is CC(C)NC(=O)c1cccc(NC(=O)c2ccccc2OCCc2ccccc2)c1. The van der Waals surface area contributed by atoms with Gasteiger partial charge in [-0.25, -0.2) is 0 Å². The summed E-state index contributed by atoms with van der Waals surface area (Å²) in [6, 6.07) is 24.1. The van der Waals surface area contributed by atoms with Gasteiger partial charge < -0.3 is 15.4 Å². The van der Waals surface area contributed by atoms with Crippen molar-refractivity contribution in [2.24, 2.45) is 0 Å². The molecule has 0 aliphatic carbocycles. The van der Waals surface area contributed by atoms with Gasteiger partial charge in [-0.2, -0.15) is 0 Å². The first kappa shape index (κ1) is 21.1. The van der Waals surface area contributed by atoms with E-state index < -0.39 is 0 Å². The maximum atomic E-state index is 12.8. The molecule has 0 unspecified atom stereocenters. The molecule has 0 radical (unpaired) electrons. The van der Waals surface area contributed by atoms with Gasteiger partial charge in [-0.1, -0.05) is 48.5 Å². The summed E-state index contributed by atoms with van der Waals surface area (Å²) < 4.78 is 5.88. The summed E-state index contributed by atoms with van der Waals surface area (Å²) in [5.41, 5.74) is 2.67. The van der Waals surface area contributed by atoms with Crippen molar-refractivity contribution >= 4 is 17.5 Å². The van der Waals surface area contributed by atoms with Crippen LogP contribution in [0.2, 0.25) is 0 Å². The average Bonchev–Trinajstić information content (AvgIpc) is 2.74. The first-order valence-electron chi connectivity index (χ1n) is 10.0. The number of nitrogens with one attached hydrogen (secondary N) is 2. The monoisotopic (exact) mass is 402 g/mol. The fourth-order valence-electron chi connectivity index (χ4n) is 2.99. The smallest absolute Gasteiger partial charge is 0.259 e. The number of rotatable bonds is 8. The molecule has 3 aromatic carbocycles. The van der Waals surface area contributed by atoms with Crippen LogP contribution in [0.25, 0.3) is 0 Å². The molecule has 2 N–H and O–H groups in total. The molecule has 3 aromatic rings. The molecule has 3 rings (SSSR count). The lowest BCUT2D eigenvalue weighted by Crippen LogP contribution is -2.30. The third-order valence-corrected chi connectivity index (χ3v) is 4.43. The molecule has 0 heterocycles. The van der Waals surface area contributed by atoms with Gasteiger partial charge in [-0.05, 0) is 49.7 Å². The number of hydrogen-bond acceptors (Lipinski definition) is 3. The van der Waals surface area contributed by atoms with Crippen molar-refractivity contribution in [3.63, 3.8) is 0 Å². The molecular formula is C25H26N2O3. The van der Waals surface area contributed by atoms with Crippen molar-refractivity contribution in [3.05, 3.63) is 95.6 Å². The topological polar surface area (TPSA) is 67.4 Å². The van der Waals surface area contributed by atoms with Crippen LogP contribution in [0.5, 0.6) is 5.75 Å². The Morgan fingerprint density at radius 3 is 2.37 bits per heavy atom. The van der Waals surface area contributed by atoms with Crippen LogP contribution in [0, 0.1) is 0 Å². The predicted molar refractivity (Wildman–Crippen MR) is 119 cm³/mol.